The summed E-state index contributed by atoms with van der Waals surface area (Å²) in [7, 11) is -0.690. The molecule has 0 spiro atoms. The molecule has 0 rings (SSSR count). The average Bonchev–Trinajstić information content (AvgIpc) is 2.59. The van der Waals surface area contributed by atoms with Crippen LogP contribution in [0, 0.1) is 10.8 Å². The van der Waals surface area contributed by atoms with Gasteiger partial charge in [-0.05, 0) is 36.5 Å². The number of carboxylic acid groups (broad SMARTS) is 1. The second-order valence-corrected chi connectivity index (χ2v) is 11.9. The number of methoxy groups -OCH3 is 1. The Morgan fingerprint density at radius 2 is 1.19 bits per heavy atom. The van der Waals surface area contributed by atoms with Crippen molar-refractivity contribution in [3.05, 3.63) is 0 Å². The molecule has 0 fully saturated rings. The fourth-order valence-corrected chi connectivity index (χ4v) is 5.86. The number of carbonyl (C=O) groups is 2. The smallest absolute Gasteiger partial charge is 0.305 e. The fourth-order valence-electron chi connectivity index (χ4n) is 2.41. The highest BCUT2D eigenvalue weighted by molar-refractivity contribution is 7.88. The lowest BCUT2D eigenvalue weighted by Gasteiger charge is -2.24. The van der Waals surface area contributed by atoms with Gasteiger partial charge in [0.2, 0.25) is 0 Å². The molecule has 8 heteroatoms. The summed E-state index contributed by atoms with van der Waals surface area (Å²) >= 11 is 0. The first-order chi connectivity index (χ1) is 12.4. The van der Waals surface area contributed by atoms with E-state index in [0.29, 0.717) is 48.7 Å². The highest BCUT2D eigenvalue weighted by Gasteiger charge is 2.22. The molecule has 2 atom stereocenters. The van der Waals surface area contributed by atoms with Crippen LogP contribution >= 0.6 is 0 Å². The molecule has 6 nitrogen and oxygen atoms in total. The van der Waals surface area contributed by atoms with Crippen molar-refractivity contribution < 1.29 is 27.9 Å². The van der Waals surface area contributed by atoms with Gasteiger partial charge in [0.05, 0.1) is 7.11 Å². The SMILES string of the molecule is COC(=O)CCC(C)(C)CCS(=O)CCS(=O)CCC(C)(C)CCC(=O)O. The molecule has 0 aliphatic carbocycles. The molecule has 0 aromatic heterocycles. The van der Waals surface area contributed by atoms with E-state index in [0.717, 1.165) is 6.42 Å². The molecule has 160 valence electrons. The van der Waals surface area contributed by atoms with E-state index in [-0.39, 0.29) is 23.2 Å². The van der Waals surface area contributed by atoms with Crippen LogP contribution < -0.4 is 0 Å². The Hall–Kier alpha value is -0.760. The van der Waals surface area contributed by atoms with E-state index in [4.69, 9.17) is 5.11 Å². The number of carbonyl (C=O) groups excluding carboxylic acids is 1. The molecule has 0 saturated heterocycles. The van der Waals surface area contributed by atoms with Crippen LogP contribution in [0.15, 0.2) is 0 Å². The van der Waals surface area contributed by atoms with E-state index in [1.165, 1.54) is 7.11 Å². The van der Waals surface area contributed by atoms with Gasteiger partial charge in [-0.3, -0.25) is 18.0 Å². The van der Waals surface area contributed by atoms with Gasteiger partial charge >= 0.3 is 11.9 Å². The van der Waals surface area contributed by atoms with Crippen molar-refractivity contribution in [1.29, 1.82) is 0 Å². The van der Waals surface area contributed by atoms with Crippen LogP contribution in [0.3, 0.4) is 0 Å². The molecule has 0 aliphatic heterocycles. The quantitative estimate of drug-likeness (QED) is 0.406. The maximum absolute atomic E-state index is 12.2. The van der Waals surface area contributed by atoms with Gasteiger partial charge in [0.15, 0.2) is 0 Å². The minimum Gasteiger partial charge on any atom is -0.481 e. The van der Waals surface area contributed by atoms with Crippen molar-refractivity contribution in [3.8, 4) is 0 Å². The maximum atomic E-state index is 12.2. The fraction of sp³-hybridized carbons (Fsp3) is 0.895. The number of esters is 1. The molecule has 0 heterocycles. The summed E-state index contributed by atoms with van der Waals surface area (Å²) in [6.07, 6.45) is 3.17. The minimum atomic E-state index is -1.04. The molecular formula is C19H36O6S2. The molecule has 1 N–H and O–H groups in total. The second kappa shape index (κ2) is 12.6. The first-order valence-electron chi connectivity index (χ1n) is 9.35. The van der Waals surface area contributed by atoms with Gasteiger partial charge in [0, 0.05) is 57.5 Å². The lowest BCUT2D eigenvalue weighted by atomic mass is 9.85. The Balaban J connectivity index is 4.08. The summed E-state index contributed by atoms with van der Waals surface area (Å²) in [6.45, 7) is 8.07. The van der Waals surface area contributed by atoms with Gasteiger partial charge < -0.3 is 9.84 Å². The highest BCUT2D eigenvalue weighted by atomic mass is 32.2. The maximum Gasteiger partial charge on any atom is 0.305 e. The Morgan fingerprint density at radius 3 is 1.56 bits per heavy atom. The molecule has 27 heavy (non-hydrogen) atoms. The van der Waals surface area contributed by atoms with E-state index in [9.17, 15) is 18.0 Å². The van der Waals surface area contributed by atoms with Crippen molar-refractivity contribution in [2.24, 2.45) is 10.8 Å². The van der Waals surface area contributed by atoms with Gasteiger partial charge in [-0.2, -0.15) is 0 Å². The third kappa shape index (κ3) is 14.9. The molecule has 0 aliphatic rings. The largest absolute Gasteiger partial charge is 0.481 e. The molecule has 0 bridgehead atoms. The Labute approximate surface area is 168 Å². The Morgan fingerprint density at radius 1 is 0.778 bits per heavy atom. The van der Waals surface area contributed by atoms with E-state index < -0.39 is 27.6 Å². The van der Waals surface area contributed by atoms with Crippen LogP contribution in [0.5, 0.6) is 0 Å². The summed E-state index contributed by atoms with van der Waals surface area (Å²) in [5, 5.41) is 8.76. The van der Waals surface area contributed by atoms with Crippen LogP contribution in [0.2, 0.25) is 0 Å². The van der Waals surface area contributed by atoms with Crippen molar-refractivity contribution in [2.75, 3.05) is 30.1 Å². The third-order valence-corrected chi connectivity index (χ3v) is 7.70. The van der Waals surface area contributed by atoms with Gasteiger partial charge in [-0.25, -0.2) is 0 Å². The summed E-state index contributed by atoms with van der Waals surface area (Å²) < 4.78 is 29.0. The van der Waals surface area contributed by atoms with Gasteiger partial charge in [0.25, 0.3) is 0 Å². The van der Waals surface area contributed by atoms with Crippen LogP contribution in [0.25, 0.3) is 0 Å². The number of ether oxygens (including phenoxy) is 1. The Bertz CT molecular complexity index is 528. The molecular weight excluding hydrogens is 388 g/mol. The monoisotopic (exact) mass is 424 g/mol. The average molecular weight is 425 g/mol. The van der Waals surface area contributed by atoms with Crippen molar-refractivity contribution in [2.45, 2.75) is 66.2 Å². The normalized spacial score (nSPS) is 14.6. The number of rotatable bonds is 15. The second-order valence-electron chi connectivity index (χ2n) is 8.49. The van der Waals surface area contributed by atoms with Crippen LogP contribution in [-0.4, -0.2) is 55.6 Å². The van der Waals surface area contributed by atoms with Gasteiger partial charge in [0.1, 0.15) is 0 Å². The Kier molecular flexibility index (Phi) is 12.3. The van der Waals surface area contributed by atoms with Crippen molar-refractivity contribution in [1.82, 2.24) is 0 Å². The highest BCUT2D eigenvalue weighted by Crippen LogP contribution is 2.28. The van der Waals surface area contributed by atoms with Crippen molar-refractivity contribution in [3.63, 3.8) is 0 Å². The predicted octanol–water partition coefficient (Wildman–Crippen LogP) is 3.13. The summed E-state index contributed by atoms with van der Waals surface area (Å²) in [6, 6.07) is 0. The first kappa shape index (κ1) is 26.2. The number of hydrogen-bond acceptors (Lipinski definition) is 5. The summed E-state index contributed by atoms with van der Waals surface area (Å²) in [5.41, 5.74) is -0.242. The number of aliphatic carboxylic acids is 1. The number of carboxylic acids is 1. The molecule has 0 aromatic carbocycles. The van der Waals surface area contributed by atoms with Gasteiger partial charge in [-0.15, -0.1) is 0 Å². The zero-order chi connectivity index (χ0) is 21.1. The van der Waals surface area contributed by atoms with E-state index in [1.54, 1.807) is 0 Å². The zero-order valence-electron chi connectivity index (χ0n) is 17.4. The van der Waals surface area contributed by atoms with E-state index in [1.807, 2.05) is 27.7 Å². The molecule has 2 unspecified atom stereocenters. The van der Waals surface area contributed by atoms with Crippen LogP contribution in [0.4, 0.5) is 0 Å². The van der Waals surface area contributed by atoms with Crippen LogP contribution in [-0.2, 0) is 35.9 Å². The molecule has 0 saturated carbocycles. The predicted molar refractivity (Wildman–Crippen MR) is 111 cm³/mol. The topological polar surface area (TPSA) is 97.7 Å². The van der Waals surface area contributed by atoms with E-state index >= 15 is 0 Å². The first-order valence-corrected chi connectivity index (χ1v) is 12.3. The van der Waals surface area contributed by atoms with E-state index in [2.05, 4.69) is 4.74 Å². The minimum absolute atomic E-state index is 0.0861. The van der Waals surface area contributed by atoms with Crippen molar-refractivity contribution >= 4 is 33.5 Å². The lowest BCUT2D eigenvalue weighted by molar-refractivity contribution is -0.141. The standard InChI is InChI=1S/C19H36O6S2/c1-18(2,8-6-16(20)21)10-12-26(23)14-15-27(24)13-11-19(3,4)9-7-17(22)25-5/h6-15H2,1-5H3,(H,20,21). The van der Waals surface area contributed by atoms with Crippen LogP contribution in [0.1, 0.15) is 66.2 Å². The summed E-state index contributed by atoms with van der Waals surface area (Å²) in [4.78, 5) is 21.9. The molecule has 0 aromatic rings. The van der Waals surface area contributed by atoms with Gasteiger partial charge in [-0.1, -0.05) is 27.7 Å². The lowest BCUT2D eigenvalue weighted by Crippen LogP contribution is -2.21. The zero-order valence-corrected chi connectivity index (χ0v) is 19.0. The number of hydrogen-bond donors (Lipinski definition) is 1. The molecule has 0 amide bonds. The molecule has 0 radical (unpaired) electrons. The summed E-state index contributed by atoms with van der Waals surface area (Å²) in [5.74, 6) is 0.823. The third-order valence-electron chi connectivity index (χ3n) is 4.80.